The molecule has 1 aliphatic heterocycles. The average Bonchev–Trinajstić information content (AvgIpc) is 2.96. The molecule has 9 nitrogen and oxygen atoms in total. The van der Waals surface area contributed by atoms with Crippen LogP contribution in [0.5, 0.6) is 0 Å². The molecule has 0 bridgehead atoms. The second-order valence-corrected chi connectivity index (χ2v) is 9.63. The van der Waals surface area contributed by atoms with Gasteiger partial charge < -0.3 is 10.2 Å². The number of anilines is 1. The number of piperazine rings is 1. The Morgan fingerprint density at radius 1 is 1.10 bits per heavy atom. The quantitative estimate of drug-likeness (QED) is 0.693. The van der Waals surface area contributed by atoms with Crippen molar-refractivity contribution in [3.8, 4) is 5.69 Å². The molecule has 1 saturated heterocycles. The summed E-state index contributed by atoms with van der Waals surface area (Å²) in [6, 6.07) is 9.27. The summed E-state index contributed by atoms with van der Waals surface area (Å²) in [5, 5.41) is 2.77. The number of amides is 1. The summed E-state index contributed by atoms with van der Waals surface area (Å²) in [4.78, 5) is 27.4. The van der Waals surface area contributed by atoms with Gasteiger partial charge in [0.1, 0.15) is 5.69 Å². The third-order valence-electron chi connectivity index (χ3n) is 5.56. The van der Waals surface area contributed by atoms with Gasteiger partial charge in [0.25, 0.3) is 5.56 Å². The summed E-state index contributed by atoms with van der Waals surface area (Å²) in [5.74, 6) is -0.128. The van der Waals surface area contributed by atoms with Crippen molar-refractivity contribution >= 4 is 21.6 Å². The Hall–Kier alpha value is -2.43. The van der Waals surface area contributed by atoms with E-state index >= 15 is 0 Å². The molecule has 1 N–H and O–H groups in total. The number of para-hydroxylation sites is 1. The van der Waals surface area contributed by atoms with Gasteiger partial charge in [-0.1, -0.05) is 18.2 Å². The minimum atomic E-state index is -3.16. The van der Waals surface area contributed by atoms with Crippen molar-refractivity contribution in [2.45, 2.75) is 20.3 Å². The van der Waals surface area contributed by atoms with Gasteiger partial charge >= 0.3 is 0 Å². The monoisotopic (exact) mass is 435 g/mol. The molecule has 0 aliphatic carbocycles. The number of carbonyl (C=O) groups excluding carboxylic acids is 1. The summed E-state index contributed by atoms with van der Waals surface area (Å²) < 4.78 is 28.6. The largest absolute Gasteiger partial charge is 0.320 e. The molecular formula is C20H29N5O4S. The van der Waals surface area contributed by atoms with Crippen LogP contribution in [0.25, 0.3) is 5.69 Å². The second-order valence-electron chi connectivity index (χ2n) is 7.38. The minimum Gasteiger partial charge on any atom is -0.320 e. The van der Waals surface area contributed by atoms with Gasteiger partial charge in [0.05, 0.1) is 17.1 Å². The average molecular weight is 436 g/mol. The zero-order valence-corrected chi connectivity index (χ0v) is 18.5. The van der Waals surface area contributed by atoms with Crippen LogP contribution >= 0.6 is 0 Å². The van der Waals surface area contributed by atoms with Gasteiger partial charge in [0, 0.05) is 46.2 Å². The topological polar surface area (TPSA) is 96.7 Å². The highest BCUT2D eigenvalue weighted by molar-refractivity contribution is 7.89. The van der Waals surface area contributed by atoms with Crippen LogP contribution in [0.15, 0.2) is 35.1 Å². The summed E-state index contributed by atoms with van der Waals surface area (Å²) in [7, 11) is -1.38. The fraction of sp³-hybridized carbons (Fsp3) is 0.500. The number of hydrogen-bond donors (Lipinski definition) is 1. The highest BCUT2D eigenvalue weighted by Crippen LogP contribution is 2.14. The van der Waals surface area contributed by atoms with Crippen LogP contribution in [0.2, 0.25) is 0 Å². The third-order valence-corrected chi connectivity index (χ3v) is 7.44. The first-order valence-corrected chi connectivity index (χ1v) is 11.7. The molecule has 0 saturated carbocycles. The molecule has 30 heavy (non-hydrogen) atoms. The fourth-order valence-electron chi connectivity index (χ4n) is 3.59. The maximum atomic E-state index is 12.9. The van der Waals surface area contributed by atoms with Gasteiger partial charge in [0.15, 0.2) is 0 Å². The first kappa shape index (κ1) is 22.3. The van der Waals surface area contributed by atoms with E-state index in [0.717, 1.165) is 5.69 Å². The molecular weight excluding hydrogens is 406 g/mol. The van der Waals surface area contributed by atoms with Gasteiger partial charge in [-0.25, -0.2) is 13.1 Å². The molecule has 10 heteroatoms. The third kappa shape index (κ3) is 4.66. The van der Waals surface area contributed by atoms with Crippen LogP contribution in [0.3, 0.4) is 0 Å². The highest BCUT2D eigenvalue weighted by Gasteiger charge is 2.25. The molecule has 0 atom stereocenters. The number of nitrogens with zero attached hydrogens (tertiary/aromatic N) is 4. The van der Waals surface area contributed by atoms with Gasteiger partial charge in [0.2, 0.25) is 15.9 Å². The Morgan fingerprint density at radius 3 is 2.33 bits per heavy atom. The summed E-state index contributed by atoms with van der Waals surface area (Å²) in [6.45, 7) is 6.03. The number of benzene rings is 1. The molecule has 3 rings (SSSR count). The van der Waals surface area contributed by atoms with Crippen LogP contribution in [0.1, 0.15) is 19.0 Å². The van der Waals surface area contributed by atoms with E-state index in [-0.39, 0.29) is 29.3 Å². The Morgan fingerprint density at radius 2 is 1.73 bits per heavy atom. The van der Waals surface area contributed by atoms with E-state index in [4.69, 9.17) is 0 Å². The molecule has 2 heterocycles. The zero-order chi connectivity index (χ0) is 21.9. The van der Waals surface area contributed by atoms with Gasteiger partial charge in [-0.2, -0.15) is 4.31 Å². The molecule has 1 aromatic heterocycles. The van der Waals surface area contributed by atoms with Crippen LogP contribution in [0.4, 0.5) is 5.69 Å². The molecule has 0 unspecified atom stereocenters. The summed E-state index contributed by atoms with van der Waals surface area (Å²) in [5.41, 5.74) is 1.42. The van der Waals surface area contributed by atoms with Crippen molar-refractivity contribution in [2.75, 3.05) is 43.8 Å². The molecule has 164 valence electrons. The van der Waals surface area contributed by atoms with E-state index in [1.165, 1.54) is 8.99 Å². The molecule has 1 fully saturated rings. The number of sulfonamides is 1. The summed E-state index contributed by atoms with van der Waals surface area (Å²) in [6.07, 6.45) is 0.236. The van der Waals surface area contributed by atoms with Crippen LogP contribution in [-0.4, -0.2) is 71.4 Å². The normalized spacial score (nSPS) is 16.0. The molecule has 1 aliphatic rings. The number of hydrogen-bond acceptors (Lipinski definition) is 5. The minimum absolute atomic E-state index is 0.104. The van der Waals surface area contributed by atoms with Gasteiger partial charge in [-0.15, -0.1) is 0 Å². The van der Waals surface area contributed by atoms with Gasteiger partial charge in [-0.05, 0) is 26.0 Å². The second kappa shape index (κ2) is 9.15. The highest BCUT2D eigenvalue weighted by atomic mass is 32.2. The fourth-order valence-corrected chi connectivity index (χ4v) is 4.67. The standard InChI is InChI=1S/C20H29N5O4S/c1-4-30(28,29)24-14-12-23(13-15-24)11-10-18(26)21-19-16(2)22(3)25(20(19)27)17-8-6-5-7-9-17/h5-9H,4,10-15H2,1-3H3,(H,21,26). The first-order valence-electron chi connectivity index (χ1n) is 10.1. The molecule has 0 spiro atoms. The lowest BCUT2D eigenvalue weighted by molar-refractivity contribution is -0.116. The Labute approximate surface area is 176 Å². The predicted molar refractivity (Wildman–Crippen MR) is 116 cm³/mol. The van der Waals surface area contributed by atoms with Gasteiger partial charge in [-0.3, -0.25) is 14.3 Å². The Balaban J connectivity index is 1.60. The van der Waals surface area contributed by atoms with Crippen molar-refractivity contribution in [1.29, 1.82) is 0 Å². The smallest absolute Gasteiger partial charge is 0.295 e. The molecule has 2 aromatic rings. The summed E-state index contributed by atoms with van der Waals surface area (Å²) >= 11 is 0. The number of nitrogens with one attached hydrogen (secondary N) is 1. The number of rotatable bonds is 7. The SMILES string of the molecule is CCS(=O)(=O)N1CCN(CCC(=O)Nc2c(C)n(C)n(-c3ccccc3)c2=O)CC1. The van der Waals surface area contributed by atoms with E-state index in [1.807, 2.05) is 30.3 Å². The van der Waals surface area contributed by atoms with E-state index in [9.17, 15) is 18.0 Å². The molecule has 0 radical (unpaired) electrons. The predicted octanol–water partition coefficient (Wildman–Crippen LogP) is 0.780. The van der Waals surface area contributed by atoms with Crippen LogP contribution in [-0.2, 0) is 21.9 Å². The lowest BCUT2D eigenvalue weighted by Gasteiger charge is -2.33. The lowest BCUT2D eigenvalue weighted by Crippen LogP contribution is -2.49. The first-order chi connectivity index (χ1) is 14.2. The van der Waals surface area contributed by atoms with E-state index in [0.29, 0.717) is 38.4 Å². The zero-order valence-electron chi connectivity index (χ0n) is 17.7. The molecule has 1 amide bonds. The van der Waals surface area contributed by atoms with Crippen molar-refractivity contribution in [3.05, 3.63) is 46.4 Å². The Bertz CT molecular complexity index is 1050. The van der Waals surface area contributed by atoms with Crippen molar-refractivity contribution in [1.82, 2.24) is 18.6 Å². The van der Waals surface area contributed by atoms with Crippen molar-refractivity contribution < 1.29 is 13.2 Å². The maximum absolute atomic E-state index is 12.9. The number of aromatic nitrogens is 2. The van der Waals surface area contributed by atoms with Crippen molar-refractivity contribution in [2.24, 2.45) is 7.05 Å². The van der Waals surface area contributed by atoms with E-state index in [2.05, 4.69) is 10.2 Å². The lowest BCUT2D eigenvalue weighted by atomic mass is 10.3. The number of carbonyl (C=O) groups is 1. The van der Waals surface area contributed by atoms with Crippen molar-refractivity contribution in [3.63, 3.8) is 0 Å². The molecule has 1 aromatic carbocycles. The van der Waals surface area contributed by atoms with E-state index in [1.54, 1.807) is 25.6 Å². The van der Waals surface area contributed by atoms with Crippen LogP contribution < -0.4 is 10.9 Å². The van der Waals surface area contributed by atoms with E-state index < -0.39 is 10.0 Å². The Kier molecular flexibility index (Phi) is 6.79. The maximum Gasteiger partial charge on any atom is 0.295 e. The van der Waals surface area contributed by atoms with Crippen LogP contribution in [0, 0.1) is 6.92 Å².